The fourth-order valence-corrected chi connectivity index (χ4v) is 1.72. The highest BCUT2D eigenvalue weighted by Gasteiger charge is 1.91. The smallest absolute Gasteiger partial charge is 0.0341 e. The molecule has 1 aromatic carbocycles. The minimum atomic E-state index is 1.04. The topological polar surface area (TPSA) is 12.0 Å². The molecule has 0 heterocycles. The third kappa shape index (κ3) is 3.96. The highest BCUT2D eigenvalue weighted by atomic mass is 32.2. The van der Waals surface area contributed by atoms with Crippen molar-refractivity contribution < 1.29 is 0 Å². The zero-order valence-electron chi connectivity index (χ0n) is 8.04. The van der Waals surface area contributed by atoms with Gasteiger partial charge in [0.2, 0.25) is 0 Å². The van der Waals surface area contributed by atoms with Gasteiger partial charge in [-0.2, -0.15) is 11.8 Å². The number of thioether (sulfide) groups is 2. The van der Waals surface area contributed by atoms with Crippen LogP contribution in [0.25, 0.3) is 0 Å². The summed E-state index contributed by atoms with van der Waals surface area (Å²) < 4.78 is 0. The molecule has 0 saturated heterocycles. The standard InChI is InChI=1S/C10H15NS2/c1-12-8-7-11-9-3-5-10(13-2)6-4-9/h3-6,11H,7-8H2,1-2H3. The maximum Gasteiger partial charge on any atom is 0.0341 e. The molecule has 1 nitrogen and oxygen atoms in total. The number of rotatable bonds is 5. The summed E-state index contributed by atoms with van der Waals surface area (Å²) in [7, 11) is 0. The lowest BCUT2D eigenvalue weighted by Crippen LogP contribution is -2.03. The molecule has 0 amide bonds. The van der Waals surface area contributed by atoms with Crippen LogP contribution in [0.1, 0.15) is 0 Å². The Kier molecular flexibility index (Phi) is 5.16. The Morgan fingerprint density at radius 3 is 2.38 bits per heavy atom. The molecule has 0 aliphatic heterocycles. The number of hydrogen-bond donors (Lipinski definition) is 1. The molecule has 1 N–H and O–H groups in total. The number of hydrogen-bond acceptors (Lipinski definition) is 3. The summed E-state index contributed by atoms with van der Waals surface area (Å²) in [4.78, 5) is 1.32. The first-order valence-corrected chi connectivity index (χ1v) is 6.85. The monoisotopic (exact) mass is 213 g/mol. The summed E-state index contributed by atoms with van der Waals surface area (Å²) in [6, 6.07) is 8.55. The third-order valence-corrected chi connectivity index (χ3v) is 3.08. The van der Waals surface area contributed by atoms with E-state index in [2.05, 4.69) is 42.1 Å². The van der Waals surface area contributed by atoms with Gasteiger partial charge in [0.1, 0.15) is 0 Å². The summed E-state index contributed by atoms with van der Waals surface area (Å²) >= 11 is 3.64. The van der Waals surface area contributed by atoms with Crippen molar-refractivity contribution in [2.75, 3.05) is 30.1 Å². The number of nitrogens with one attached hydrogen (secondary N) is 1. The highest BCUT2D eigenvalue weighted by Crippen LogP contribution is 2.17. The molecule has 72 valence electrons. The van der Waals surface area contributed by atoms with Crippen molar-refractivity contribution in [1.29, 1.82) is 0 Å². The first-order valence-electron chi connectivity index (χ1n) is 4.23. The van der Waals surface area contributed by atoms with Crippen molar-refractivity contribution in [1.82, 2.24) is 0 Å². The first kappa shape index (κ1) is 10.8. The molecule has 0 unspecified atom stereocenters. The van der Waals surface area contributed by atoms with Crippen LogP contribution in [0.15, 0.2) is 29.2 Å². The predicted octanol–water partition coefficient (Wildman–Crippen LogP) is 3.18. The van der Waals surface area contributed by atoms with Crippen LogP contribution >= 0.6 is 23.5 Å². The third-order valence-electron chi connectivity index (χ3n) is 1.73. The number of anilines is 1. The van der Waals surface area contributed by atoms with E-state index in [0.717, 1.165) is 12.3 Å². The van der Waals surface area contributed by atoms with Crippen LogP contribution in [0.4, 0.5) is 5.69 Å². The SMILES string of the molecule is CSCCNc1ccc(SC)cc1. The van der Waals surface area contributed by atoms with E-state index in [0.29, 0.717) is 0 Å². The minimum absolute atomic E-state index is 1.04. The van der Waals surface area contributed by atoms with Crippen LogP contribution in [0.5, 0.6) is 0 Å². The van der Waals surface area contributed by atoms with Gasteiger partial charge in [-0.05, 0) is 36.8 Å². The summed E-state index contributed by atoms with van der Waals surface area (Å²) in [5.74, 6) is 1.16. The van der Waals surface area contributed by atoms with E-state index in [1.165, 1.54) is 10.6 Å². The maximum atomic E-state index is 3.37. The van der Waals surface area contributed by atoms with E-state index in [4.69, 9.17) is 0 Å². The second kappa shape index (κ2) is 6.22. The quantitative estimate of drug-likeness (QED) is 0.596. The molecular weight excluding hydrogens is 198 g/mol. The average molecular weight is 213 g/mol. The molecule has 0 fully saturated rings. The van der Waals surface area contributed by atoms with E-state index in [1.807, 2.05) is 11.8 Å². The Morgan fingerprint density at radius 2 is 1.85 bits per heavy atom. The van der Waals surface area contributed by atoms with Crippen LogP contribution in [0, 0.1) is 0 Å². The van der Waals surface area contributed by atoms with Gasteiger partial charge in [-0.1, -0.05) is 0 Å². The van der Waals surface area contributed by atoms with Gasteiger partial charge in [-0.3, -0.25) is 0 Å². The van der Waals surface area contributed by atoms with Crippen molar-refractivity contribution in [3.8, 4) is 0 Å². The Bertz CT molecular complexity index is 233. The molecule has 13 heavy (non-hydrogen) atoms. The van der Waals surface area contributed by atoms with E-state index in [9.17, 15) is 0 Å². The van der Waals surface area contributed by atoms with Crippen LogP contribution in [-0.4, -0.2) is 24.8 Å². The molecule has 0 bridgehead atoms. The van der Waals surface area contributed by atoms with Crippen molar-refractivity contribution >= 4 is 29.2 Å². The van der Waals surface area contributed by atoms with Crippen LogP contribution in [0.2, 0.25) is 0 Å². The molecule has 0 spiro atoms. The van der Waals surface area contributed by atoms with Gasteiger partial charge < -0.3 is 5.32 Å². The lowest BCUT2D eigenvalue weighted by atomic mass is 10.3. The normalized spacial score (nSPS) is 10.0. The molecular formula is C10H15NS2. The summed E-state index contributed by atoms with van der Waals surface area (Å²) in [5, 5.41) is 3.37. The zero-order valence-corrected chi connectivity index (χ0v) is 9.67. The molecule has 1 rings (SSSR count). The predicted molar refractivity (Wildman–Crippen MR) is 65.1 cm³/mol. The lowest BCUT2D eigenvalue weighted by molar-refractivity contribution is 1.22. The van der Waals surface area contributed by atoms with Crippen LogP contribution in [0.3, 0.4) is 0 Å². The molecule has 1 aromatic rings. The van der Waals surface area contributed by atoms with Gasteiger partial charge in [-0.25, -0.2) is 0 Å². The van der Waals surface area contributed by atoms with Gasteiger partial charge in [0.15, 0.2) is 0 Å². The minimum Gasteiger partial charge on any atom is -0.384 e. The summed E-state index contributed by atoms with van der Waals surface area (Å²) in [6.07, 6.45) is 4.22. The van der Waals surface area contributed by atoms with Gasteiger partial charge in [0.25, 0.3) is 0 Å². The molecule has 0 aromatic heterocycles. The van der Waals surface area contributed by atoms with Crippen LogP contribution in [-0.2, 0) is 0 Å². The second-order valence-electron chi connectivity index (χ2n) is 2.65. The lowest BCUT2D eigenvalue weighted by Gasteiger charge is -2.05. The van der Waals surface area contributed by atoms with Crippen molar-refractivity contribution in [2.24, 2.45) is 0 Å². The van der Waals surface area contributed by atoms with Gasteiger partial charge in [-0.15, -0.1) is 11.8 Å². The summed E-state index contributed by atoms with van der Waals surface area (Å²) in [6.45, 7) is 1.04. The molecule has 0 radical (unpaired) electrons. The fraction of sp³-hybridized carbons (Fsp3) is 0.400. The number of benzene rings is 1. The molecule has 0 saturated carbocycles. The molecule has 0 aliphatic carbocycles. The molecule has 0 aliphatic rings. The zero-order chi connectivity index (χ0) is 9.52. The Hall–Kier alpha value is -0.280. The molecule has 0 atom stereocenters. The second-order valence-corrected chi connectivity index (χ2v) is 4.51. The fourth-order valence-electron chi connectivity index (χ4n) is 1.01. The summed E-state index contributed by atoms with van der Waals surface area (Å²) in [5.41, 5.74) is 1.21. The van der Waals surface area contributed by atoms with Crippen molar-refractivity contribution in [3.05, 3.63) is 24.3 Å². The Labute approximate surface area is 88.7 Å². The largest absolute Gasteiger partial charge is 0.384 e. The van der Waals surface area contributed by atoms with E-state index in [1.54, 1.807) is 11.8 Å². The van der Waals surface area contributed by atoms with E-state index in [-0.39, 0.29) is 0 Å². The maximum absolute atomic E-state index is 3.37. The van der Waals surface area contributed by atoms with Gasteiger partial charge in [0, 0.05) is 22.9 Å². The Balaban J connectivity index is 2.40. The van der Waals surface area contributed by atoms with Gasteiger partial charge >= 0.3 is 0 Å². The first-order chi connectivity index (χ1) is 6.36. The van der Waals surface area contributed by atoms with Gasteiger partial charge in [0.05, 0.1) is 0 Å². The molecule has 3 heteroatoms. The van der Waals surface area contributed by atoms with E-state index < -0.39 is 0 Å². The average Bonchev–Trinajstić information content (AvgIpc) is 2.19. The van der Waals surface area contributed by atoms with Crippen molar-refractivity contribution in [3.63, 3.8) is 0 Å². The van der Waals surface area contributed by atoms with Crippen molar-refractivity contribution in [2.45, 2.75) is 4.90 Å². The Morgan fingerprint density at radius 1 is 1.15 bits per heavy atom. The van der Waals surface area contributed by atoms with E-state index >= 15 is 0 Å². The highest BCUT2D eigenvalue weighted by molar-refractivity contribution is 7.98. The van der Waals surface area contributed by atoms with Crippen LogP contribution < -0.4 is 5.32 Å².